The SMILES string of the molecule is CC(C)Cc1nc2c(cnn2CC23CC(C)(C2)C3)c(-c2ccc3c(c2)OCC(=O)N3Cc2ncc(F)cn2)c1C(N)=O. The van der Waals surface area contributed by atoms with Gasteiger partial charge in [-0.05, 0) is 60.1 Å². The fraction of sp³-hybridized carbons (Fsp3) is 0.419. The predicted octanol–water partition coefficient (Wildman–Crippen LogP) is 4.44. The largest absolute Gasteiger partial charge is 0.482 e. The van der Waals surface area contributed by atoms with Crippen LogP contribution in [0.5, 0.6) is 5.75 Å². The van der Waals surface area contributed by atoms with E-state index in [-0.39, 0.29) is 30.4 Å². The van der Waals surface area contributed by atoms with Gasteiger partial charge in [0.25, 0.3) is 11.8 Å². The summed E-state index contributed by atoms with van der Waals surface area (Å²) in [6.07, 6.45) is 8.10. The topological polar surface area (TPSA) is 129 Å². The molecule has 4 aliphatic rings. The predicted molar refractivity (Wildman–Crippen MR) is 153 cm³/mol. The third-order valence-corrected chi connectivity index (χ3v) is 8.76. The van der Waals surface area contributed by atoms with Gasteiger partial charge >= 0.3 is 0 Å². The van der Waals surface area contributed by atoms with Crippen LogP contribution in [0.3, 0.4) is 0 Å². The van der Waals surface area contributed by atoms with Gasteiger partial charge in [0.05, 0.1) is 42.1 Å². The minimum atomic E-state index is -0.556. The Hall–Kier alpha value is -4.41. The summed E-state index contributed by atoms with van der Waals surface area (Å²) in [6, 6.07) is 5.44. The number of benzene rings is 1. The van der Waals surface area contributed by atoms with Crippen molar-refractivity contribution in [1.82, 2.24) is 24.7 Å². The molecule has 3 aliphatic carbocycles. The van der Waals surface area contributed by atoms with Crippen LogP contribution < -0.4 is 15.4 Å². The first-order valence-electron chi connectivity index (χ1n) is 14.3. The smallest absolute Gasteiger partial charge is 0.265 e. The van der Waals surface area contributed by atoms with Crippen molar-refractivity contribution in [2.75, 3.05) is 11.5 Å². The number of rotatable bonds is 8. The van der Waals surface area contributed by atoms with Gasteiger partial charge in [-0.15, -0.1) is 0 Å². The first kappa shape index (κ1) is 26.5. The minimum absolute atomic E-state index is 0.0625. The highest BCUT2D eigenvalue weighted by Crippen LogP contribution is 2.73. The second-order valence-electron chi connectivity index (χ2n) is 12.9. The molecule has 2 N–H and O–H groups in total. The van der Waals surface area contributed by atoms with Crippen molar-refractivity contribution in [3.63, 3.8) is 0 Å². The highest BCUT2D eigenvalue weighted by Gasteiger charge is 2.64. The number of aromatic nitrogens is 5. The molecule has 0 radical (unpaired) electrons. The molecule has 8 rings (SSSR count). The van der Waals surface area contributed by atoms with E-state index in [9.17, 15) is 14.0 Å². The quantitative estimate of drug-likeness (QED) is 0.332. The Morgan fingerprint density at radius 3 is 2.57 bits per heavy atom. The Bertz CT molecular complexity index is 1740. The van der Waals surface area contributed by atoms with E-state index in [1.165, 1.54) is 24.2 Å². The van der Waals surface area contributed by atoms with Gasteiger partial charge < -0.3 is 10.5 Å². The maximum absolute atomic E-state index is 13.3. The number of nitrogens with two attached hydrogens (primary N) is 1. The Kier molecular flexibility index (Phi) is 5.87. The van der Waals surface area contributed by atoms with E-state index in [4.69, 9.17) is 20.6 Å². The molecule has 4 aromatic rings. The number of hydrogen-bond donors (Lipinski definition) is 1. The second kappa shape index (κ2) is 9.30. The lowest BCUT2D eigenvalue weighted by Crippen LogP contribution is -2.61. The second-order valence-corrected chi connectivity index (χ2v) is 12.9. The van der Waals surface area contributed by atoms with Crippen molar-refractivity contribution in [2.24, 2.45) is 22.5 Å². The average molecular weight is 570 g/mol. The van der Waals surface area contributed by atoms with Crippen molar-refractivity contribution < 1.29 is 18.7 Å². The minimum Gasteiger partial charge on any atom is -0.482 e. The van der Waals surface area contributed by atoms with Crippen molar-refractivity contribution in [2.45, 2.75) is 59.5 Å². The number of primary amides is 1. The van der Waals surface area contributed by atoms with Gasteiger partial charge in [0.15, 0.2) is 18.1 Å². The molecule has 3 saturated carbocycles. The highest BCUT2D eigenvalue weighted by atomic mass is 19.1. The molecule has 10 nitrogen and oxygen atoms in total. The van der Waals surface area contributed by atoms with E-state index in [1.54, 1.807) is 12.3 Å². The maximum Gasteiger partial charge on any atom is 0.265 e. The molecule has 1 aliphatic heterocycles. The fourth-order valence-electron chi connectivity index (χ4n) is 7.49. The maximum atomic E-state index is 13.3. The molecule has 2 amide bonds. The first-order chi connectivity index (χ1) is 20.0. The van der Waals surface area contributed by atoms with Crippen LogP contribution in [0, 0.1) is 22.6 Å². The van der Waals surface area contributed by atoms with Crippen molar-refractivity contribution >= 4 is 28.5 Å². The zero-order chi connectivity index (χ0) is 29.4. The molecular formula is C31H32FN7O3. The molecule has 0 atom stereocenters. The van der Waals surface area contributed by atoms with E-state index in [2.05, 4.69) is 30.7 Å². The lowest BCUT2D eigenvalue weighted by atomic mass is 9.36. The van der Waals surface area contributed by atoms with E-state index in [0.717, 1.165) is 30.0 Å². The number of ether oxygens (including phenoxy) is 1. The Morgan fingerprint density at radius 2 is 1.90 bits per heavy atom. The van der Waals surface area contributed by atoms with E-state index in [1.807, 2.05) is 16.8 Å². The molecule has 42 heavy (non-hydrogen) atoms. The highest BCUT2D eigenvalue weighted by molar-refractivity contribution is 6.09. The lowest BCUT2D eigenvalue weighted by Gasteiger charge is -2.69. The van der Waals surface area contributed by atoms with Crippen molar-refractivity contribution in [3.05, 3.63) is 59.7 Å². The van der Waals surface area contributed by atoms with Gasteiger partial charge in [-0.1, -0.05) is 26.8 Å². The standard InChI is InChI=1S/C31H32FN7O3/c1-17(2)6-21-27(28(33)41)26(20-10-36-39(29(20)37-21)16-31-13-30(3,14-31)15-31)18-4-5-22-23(7-18)42-12-25(40)38(22)11-24-34-8-19(32)9-35-24/h4-5,7-10,17H,6,11-16H2,1-3H3,(H2,33,41). The van der Waals surface area contributed by atoms with Crippen LogP contribution >= 0.6 is 0 Å². The van der Waals surface area contributed by atoms with Gasteiger partial charge in [0.1, 0.15) is 11.6 Å². The number of pyridine rings is 1. The average Bonchev–Trinajstić information content (AvgIpc) is 3.30. The van der Waals surface area contributed by atoms with Crippen LogP contribution in [0.25, 0.3) is 22.2 Å². The third-order valence-electron chi connectivity index (χ3n) is 8.76. The number of anilines is 1. The van der Waals surface area contributed by atoms with Crippen LogP contribution in [0.4, 0.5) is 10.1 Å². The zero-order valence-corrected chi connectivity index (χ0v) is 23.9. The summed E-state index contributed by atoms with van der Waals surface area (Å²) in [5.74, 6) is -0.361. The third kappa shape index (κ3) is 4.29. The number of fused-ring (bicyclic) bond motifs is 2. The number of carbonyl (C=O) groups is 2. The summed E-state index contributed by atoms with van der Waals surface area (Å²) in [4.78, 5) is 40.3. The molecule has 216 valence electrons. The molecule has 2 bridgehead atoms. The van der Waals surface area contributed by atoms with E-state index in [0.29, 0.717) is 51.5 Å². The van der Waals surface area contributed by atoms with Gasteiger partial charge in [-0.3, -0.25) is 14.5 Å². The molecule has 3 aromatic heterocycles. The van der Waals surface area contributed by atoms with Crippen LogP contribution in [0.15, 0.2) is 36.8 Å². The Balaban J connectivity index is 1.33. The van der Waals surface area contributed by atoms with Crippen LogP contribution in [-0.2, 0) is 24.3 Å². The molecule has 11 heteroatoms. The molecule has 4 heterocycles. The van der Waals surface area contributed by atoms with Gasteiger partial charge in [-0.25, -0.2) is 24.0 Å². The Morgan fingerprint density at radius 1 is 1.17 bits per heavy atom. The lowest BCUT2D eigenvalue weighted by molar-refractivity contribution is -0.199. The van der Waals surface area contributed by atoms with E-state index >= 15 is 0 Å². The number of carbonyl (C=O) groups excluding carboxylic acids is 2. The molecule has 0 unspecified atom stereocenters. The first-order valence-corrected chi connectivity index (χ1v) is 14.3. The zero-order valence-electron chi connectivity index (χ0n) is 23.9. The van der Waals surface area contributed by atoms with Gasteiger partial charge in [0, 0.05) is 17.5 Å². The Labute approximate surface area is 242 Å². The molecule has 3 fully saturated rings. The van der Waals surface area contributed by atoms with E-state index < -0.39 is 11.7 Å². The van der Waals surface area contributed by atoms with Gasteiger partial charge in [-0.2, -0.15) is 5.10 Å². The molecule has 1 aromatic carbocycles. The van der Waals surface area contributed by atoms with Crippen LogP contribution in [-0.4, -0.2) is 43.2 Å². The van der Waals surface area contributed by atoms with Crippen molar-refractivity contribution in [3.8, 4) is 16.9 Å². The monoisotopic (exact) mass is 569 g/mol. The van der Waals surface area contributed by atoms with Crippen molar-refractivity contribution in [1.29, 1.82) is 0 Å². The summed E-state index contributed by atoms with van der Waals surface area (Å²) >= 11 is 0. The van der Waals surface area contributed by atoms with Gasteiger partial charge in [0.2, 0.25) is 0 Å². The number of halogens is 1. The number of hydrogen-bond acceptors (Lipinski definition) is 7. The molecular weight excluding hydrogens is 537 g/mol. The summed E-state index contributed by atoms with van der Waals surface area (Å²) in [5, 5.41) is 5.50. The number of nitrogens with zero attached hydrogens (tertiary/aromatic N) is 6. The number of amides is 2. The fourth-order valence-corrected chi connectivity index (χ4v) is 7.49. The molecule has 0 saturated heterocycles. The summed E-state index contributed by atoms with van der Waals surface area (Å²) < 4.78 is 21.2. The summed E-state index contributed by atoms with van der Waals surface area (Å²) in [6.45, 7) is 7.19. The van der Waals surface area contributed by atoms with Crippen LogP contribution in [0.1, 0.15) is 61.9 Å². The molecule has 0 spiro atoms. The summed E-state index contributed by atoms with van der Waals surface area (Å²) in [5.41, 5.74) is 10.4. The van der Waals surface area contributed by atoms with Crippen LogP contribution in [0.2, 0.25) is 0 Å². The normalized spacial score (nSPS) is 22.5. The summed E-state index contributed by atoms with van der Waals surface area (Å²) in [7, 11) is 0.